The lowest BCUT2D eigenvalue weighted by Gasteiger charge is -2.18. The molecule has 1 aromatic carbocycles. The molecule has 0 radical (unpaired) electrons. The largest absolute Gasteiger partial charge is 0.480 e. The monoisotopic (exact) mass is 272 g/mol. The Morgan fingerprint density at radius 2 is 2.10 bits per heavy atom. The number of carboxylic acid groups (broad SMARTS) is 1. The highest BCUT2D eigenvalue weighted by Gasteiger charge is 2.17. The minimum Gasteiger partial charge on any atom is -0.480 e. The molecule has 0 fully saturated rings. The fraction of sp³-hybridized carbons (Fsp3) is 0.200. The van der Waals surface area contributed by atoms with Gasteiger partial charge in [-0.1, -0.05) is 24.3 Å². The molecular weight excluding hydrogens is 256 g/mol. The van der Waals surface area contributed by atoms with Crippen molar-refractivity contribution in [2.75, 3.05) is 13.1 Å². The standard InChI is InChI=1S/C15H16N2O3/c1-2-7-17(10-15(19)20)14(18)8-11-9-16-13-6-4-3-5-12(11)13/h2-6,9,16H,1,7-8,10H2,(H,19,20). The van der Waals surface area contributed by atoms with Crippen molar-refractivity contribution in [3.63, 3.8) is 0 Å². The smallest absolute Gasteiger partial charge is 0.323 e. The van der Waals surface area contributed by atoms with E-state index in [1.54, 1.807) is 6.20 Å². The van der Waals surface area contributed by atoms with E-state index in [4.69, 9.17) is 5.11 Å². The van der Waals surface area contributed by atoms with Crippen molar-refractivity contribution < 1.29 is 14.7 Å². The van der Waals surface area contributed by atoms with E-state index in [1.807, 2.05) is 24.3 Å². The first kappa shape index (κ1) is 13.9. The van der Waals surface area contributed by atoms with Crippen LogP contribution in [0.25, 0.3) is 10.9 Å². The molecule has 20 heavy (non-hydrogen) atoms. The highest BCUT2D eigenvalue weighted by molar-refractivity contribution is 5.90. The Labute approximate surface area is 116 Å². The molecule has 0 aliphatic heterocycles. The zero-order valence-electron chi connectivity index (χ0n) is 11.0. The summed E-state index contributed by atoms with van der Waals surface area (Å²) in [4.78, 5) is 27.3. The number of para-hydroxylation sites is 1. The Balaban J connectivity index is 2.16. The number of aromatic nitrogens is 1. The van der Waals surface area contributed by atoms with Crippen LogP contribution in [-0.2, 0) is 16.0 Å². The summed E-state index contributed by atoms with van der Waals surface area (Å²) in [7, 11) is 0. The molecule has 1 amide bonds. The predicted molar refractivity (Wildman–Crippen MR) is 76.4 cm³/mol. The minimum atomic E-state index is -1.03. The van der Waals surface area contributed by atoms with Gasteiger partial charge in [-0.2, -0.15) is 0 Å². The number of nitrogens with zero attached hydrogens (tertiary/aromatic N) is 1. The van der Waals surface area contributed by atoms with E-state index in [0.717, 1.165) is 16.5 Å². The molecule has 5 heteroatoms. The minimum absolute atomic E-state index is 0.172. The molecule has 0 saturated carbocycles. The van der Waals surface area contributed by atoms with E-state index >= 15 is 0 Å². The number of carbonyl (C=O) groups is 2. The second kappa shape index (κ2) is 6.06. The number of hydrogen-bond acceptors (Lipinski definition) is 2. The van der Waals surface area contributed by atoms with Gasteiger partial charge in [0.25, 0.3) is 0 Å². The van der Waals surface area contributed by atoms with Gasteiger partial charge >= 0.3 is 5.97 Å². The fourth-order valence-corrected chi connectivity index (χ4v) is 2.13. The van der Waals surface area contributed by atoms with Crippen molar-refractivity contribution in [3.8, 4) is 0 Å². The summed E-state index contributed by atoms with van der Waals surface area (Å²) in [5, 5.41) is 9.80. The van der Waals surface area contributed by atoms with Gasteiger partial charge in [-0.15, -0.1) is 6.58 Å². The number of aromatic amines is 1. The molecule has 2 N–H and O–H groups in total. The van der Waals surface area contributed by atoms with Gasteiger partial charge in [0.05, 0.1) is 6.42 Å². The molecular formula is C15H16N2O3. The fourth-order valence-electron chi connectivity index (χ4n) is 2.13. The molecule has 5 nitrogen and oxygen atoms in total. The third-order valence-electron chi connectivity index (χ3n) is 3.04. The summed E-state index contributed by atoms with van der Waals surface area (Å²) in [6, 6.07) is 7.69. The highest BCUT2D eigenvalue weighted by Crippen LogP contribution is 2.18. The second-order valence-corrected chi connectivity index (χ2v) is 4.49. The van der Waals surface area contributed by atoms with E-state index in [-0.39, 0.29) is 25.4 Å². The lowest BCUT2D eigenvalue weighted by molar-refractivity contribution is -0.143. The summed E-state index contributed by atoms with van der Waals surface area (Å²) < 4.78 is 0. The first-order valence-corrected chi connectivity index (χ1v) is 6.27. The molecule has 0 aliphatic rings. The number of nitrogens with one attached hydrogen (secondary N) is 1. The van der Waals surface area contributed by atoms with Gasteiger partial charge in [0.15, 0.2) is 0 Å². The molecule has 0 spiro atoms. The van der Waals surface area contributed by atoms with Crippen molar-refractivity contribution in [1.82, 2.24) is 9.88 Å². The topological polar surface area (TPSA) is 73.4 Å². The summed E-state index contributed by atoms with van der Waals surface area (Å²) in [5.74, 6) is -1.25. The van der Waals surface area contributed by atoms with E-state index < -0.39 is 5.97 Å². The van der Waals surface area contributed by atoms with Gasteiger partial charge in [-0.25, -0.2) is 0 Å². The van der Waals surface area contributed by atoms with Crippen LogP contribution in [0.2, 0.25) is 0 Å². The number of benzene rings is 1. The van der Waals surface area contributed by atoms with Crippen LogP contribution < -0.4 is 0 Å². The zero-order valence-corrected chi connectivity index (χ0v) is 11.0. The van der Waals surface area contributed by atoms with Crippen LogP contribution in [0.1, 0.15) is 5.56 Å². The molecule has 0 atom stereocenters. The van der Waals surface area contributed by atoms with Crippen molar-refractivity contribution >= 4 is 22.8 Å². The first-order valence-electron chi connectivity index (χ1n) is 6.27. The van der Waals surface area contributed by atoms with Crippen molar-refractivity contribution in [1.29, 1.82) is 0 Å². The molecule has 0 aliphatic carbocycles. The Hall–Kier alpha value is -2.56. The number of carbonyl (C=O) groups excluding carboxylic acids is 1. The van der Waals surface area contributed by atoms with Gasteiger partial charge in [0, 0.05) is 23.6 Å². The quantitative estimate of drug-likeness (QED) is 0.788. The van der Waals surface area contributed by atoms with Crippen molar-refractivity contribution in [2.45, 2.75) is 6.42 Å². The van der Waals surface area contributed by atoms with E-state index in [9.17, 15) is 9.59 Å². The second-order valence-electron chi connectivity index (χ2n) is 4.49. The normalized spacial score (nSPS) is 10.4. The summed E-state index contributed by atoms with van der Waals surface area (Å²) >= 11 is 0. The molecule has 2 rings (SSSR count). The van der Waals surface area contributed by atoms with Gasteiger partial charge in [0.2, 0.25) is 5.91 Å². The summed E-state index contributed by atoms with van der Waals surface area (Å²) in [6.07, 6.45) is 3.48. The molecule has 1 heterocycles. The van der Waals surface area contributed by atoms with Crippen LogP contribution >= 0.6 is 0 Å². The Kier molecular flexibility index (Phi) is 4.20. The lowest BCUT2D eigenvalue weighted by Crippen LogP contribution is -2.36. The number of rotatable bonds is 6. The number of hydrogen-bond donors (Lipinski definition) is 2. The zero-order chi connectivity index (χ0) is 14.5. The Bertz CT molecular complexity index is 645. The van der Waals surface area contributed by atoms with E-state index in [1.165, 1.54) is 11.0 Å². The number of aliphatic carboxylic acids is 1. The maximum Gasteiger partial charge on any atom is 0.323 e. The average Bonchev–Trinajstić information content (AvgIpc) is 2.81. The van der Waals surface area contributed by atoms with Gasteiger partial charge < -0.3 is 15.0 Å². The van der Waals surface area contributed by atoms with Crippen LogP contribution in [0.4, 0.5) is 0 Å². The summed E-state index contributed by atoms with van der Waals surface area (Å²) in [5.41, 5.74) is 1.83. The number of carboxylic acids is 1. The van der Waals surface area contributed by atoms with Crippen LogP contribution in [0, 0.1) is 0 Å². The first-order chi connectivity index (χ1) is 9.61. The average molecular weight is 272 g/mol. The van der Waals surface area contributed by atoms with Crippen LogP contribution in [-0.4, -0.2) is 40.0 Å². The molecule has 1 aromatic heterocycles. The number of fused-ring (bicyclic) bond motifs is 1. The lowest BCUT2D eigenvalue weighted by atomic mass is 10.1. The molecule has 0 unspecified atom stereocenters. The molecule has 0 bridgehead atoms. The third-order valence-corrected chi connectivity index (χ3v) is 3.04. The molecule has 2 aromatic rings. The van der Waals surface area contributed by atoms with E-state index in [2.05, 4.69) is 11.6 Å². The number of amides is 1. The third kappa shape index (κ3) is 3.06. The summed E-state index contributed by atoms with van der Waals surface area (Å²) in [6.45, 7) is 3.46. The molecule has 104 valence electrons. The predicted octanol–water partition coefficient (Wildman–Crippen LogP) is 1.81. The van der Waals surface area contributed by atoms with Crippen molar-refractivity contribution in [2.24, 2.45) is 0 Å². The van der Waals surface area contributed by atoms with Crippen LogP contribution in [0.15, 0.2) is 43.1 Å². The maximum atomic E-state index is 12.2. The maximum absolute atomic E-state index is 12.2. The Morgan fingerprint density at radius 1 is 1.35 bits per heavy atom. The SMILES string of the molecule is C=CCN(CC(=O)O)C(=O)Cc1c[nH]c2ccccc12. The molecule has 0 saturated heterocycles. The number of H-pyrrole nitrogens is 1. The van der Waals surface area contributed by atoms with E-state index in [0.29, 0.717) is 0 Å². The van der Waals surface area contributed by atoms with Gasteiger partial charge in [0.1, 0.15) is 6.54 Å². The Morgan fingerprint density at radius 3 is 2.80 bits per heavy atom. The van der Waals surface area contributed by atoms with Crippen LogP contribution in [0.3, 0.4) is 0 Å². The van der Waals surface area contributed by atoms with Crippen LogP contribution in [0.5, 0.6) is 0 Å². The van der Waals surface area contributed by atoms with Gasteiger partial charge in [-0.3, -0.25) is 9.59 Å². The van der Waals surface area contributed by atoms with Gasteiger partial charge in [-0.05, 0) is 11.6 Å². The highest BCUT2D eigenvalue weighted by atomic mass is 16.4. The van der Waals surface area contributed by atoms with Crippen molar-refractivity contribution in [3.05, 3.63) is 48.7 Å².